The van der Waals surface area contributed by atoms with Crippen molar-refractivity contribution in [1.82, 2.24) is 0 Å². The van der Waals surface area contributed by atoms with Crippen molar-refractivity contribution in [2.45, 2.75) is 0 Å². The summed E-state index contributed by atoms with van der Waals surface area (Å²) in [6, 6.07) is 15.6. The maximum atomic E-state index is 12.8. The summed E-state index contributed by atoms with van der Waals surface area (Å²) in [7, 11) is 0. The second-order valence-electron chi connectivity index (χ2n) is 7.16. The Morgan fingerprint density at radius 1 is 0.812 bits per heavy atom. The normalized spacial score (nSPS) is 13.2. The number of anilines is 1. The number of fused-ring (bicyclic) bond motifs is 3. The van der Waals surface area contributed by atoms with Crippen LogP contribution in [0.5, 0.6) is 11.5 Å². The molecule has 0 atom stereocenters. The highest BCUT2D eigenvalue weighted by Crippen LogP contribution is 2.33. The molecule has 3 aromatic carbocycles. The molecule has 0 saturated heterocycles. The quantitative estimate of drug-likeness (QED) is 0.497. The van der Waals surface area contributed by atoms with E-state index in [9.17, 15) is 19.2 Å². The molecule has 32 heavy (non-hydrogen) atoms. The van der Waals surface area contributed by atoms with Crippen molar-refractivity contribution in [1.29, 1.82) is 0 Å². The lowest BCUT2D eigenvalue weighted by Crippen LogP contribution is -2.23. The number of carbonyl (C=O) groups is 4. The van der Waals surface area contributed by atoms with Gasteiger partial charge in [-0.2, -0.15) is 0 Å². The van der Waals surface area contributed by atoms with Gasteiger partial charge in [-0.25, -0.2) is 4.79 Å². The highest BCUT2D eigenvalue weighted by molar-refractivity contribution is 6.28. The van der Waals surface area contributed by atoms with Crippen LogP contribution in [0.1, 0.15) is 42.2 Å². The fourth-order valence-corrected chi connectivity index (χ4v) is 3.61. The summed E-state index contributed by atoms with van der Waals surface area (Å²) < 4.78 is 15.5. The predicted octanol–water partition coefficient (Wildman–Crippen LogP) is 2.99. The lowest BCUT2D eigenvalue weighted by atomic mass is 9.84. The summed E-state index contributed by atoms with van der Waals surface area (Å²) in [5.41, 5.74) is 1.71. The lowest BCUT2D eigenvalue weighted by molar-refractivity contribution is -0.119. The van der Waals surface area contributed by atoms with Crippen LogP contribution in [0.3, 0.4) is 0 Å². The zero-order valence-corrected chi connectivity index (χ0v) is 16.5. The maximum absolute atomic E-state index is 12.8. The van der Waals surface area contributed by atoms with Gasteiger partial charge in [0.05, 0.1) is 5.56 Å². The first kappa shape index (κ1) is 19.5. The minimum absolute atomic E-state index is 0.0801. The van der Waals surface area contributed by atoms with Crippen LogP contribution in [0.2, 0.25) is 0 Å². The number of carbonyl (C=O) groups excluding carboxylic acids is 4. The monoisotopic (exact) mass is 429 g/mol. The predicted molar refractivity (Wildman–Crippen MR) is 111 cm³/mol. The summed E-state index contributed by atoms with van der Waals surface area (Å²) in [4.78, 5) is 49.9. The van der Waals surface area contributed by atoms with Crippen LogP contribution in [-0.2, 0) is 9.53 Å². The molecule has 1 aliphatic heterocycles. The summed E-state index contributed by atoms with van der Waals surface area (Å²) in [5.74, 6) is -0.859. The van der Waals surface area contributed by atoms with Crippen LogP contribution < -0.4 is 14.8 Å². The first-order valence-corrected chi connectivity index (χ1v) is 9.70. The van der Waals surface area contributed by atoms with Gasteiger partial charge in [0.2, 0.25) is 6.79 Å². The largest absolute Gasteiger partial charge is 0.454 e. The van der Waals surface area contributed by atoms with Crippen molar-refractivity contribution in [2.24, 2.45) is 0 Å². The standard InChI is InChI=1S/C24H15NO7/c26-21(11-30-24(29)13-5-8-19-20(9-13)32-12-31-19)25-14-6-7-17-18(10-14)23(28)16-4-2-1-3-15(16)22(17)27/h1-10H,11-12H2,(H,25,26). The van der Waals surface area contributed by atoms with Gasteiger partial charge in [0, 0.05) is 27.9 Å². The van der Waals surface area contributed by atoms with Crippen LogP contribution in [0.25, 0.3) is 0 Å². The molecule has 2 aliphatic rings. The average Bonchev–Trinajstić information content (AvgIpc) is 3.29. The van der Waals surface area contributed by atoms with E-state index in [1.54, 1.807) is 30.3 Å². The fourth-order valence-electron chi connectivity index (χ4n) is 3.61. The molecule has 3 aromatic rings. The van der Waals surface area contributed by atoms with E-state index in [1.165, 1.54) is 30.3 Å². The molecule has 0 radical (unpaired) electrons. The van der Waals surface area contributed by atoms with Gasteiger partial charge in [-0.1, -0.05) is 24.3 Å². The molecule has 1 aliphatic carbocycles. The Morgan fingerprint density at radius 2 is 1.50 bits per heavy atom. The van der Waals surface area contributed by atoms with E-state index < -0.39 is 18.5 Å². The molecule has 0 spiro atoms. The van der Waals surface area contributed by atoms with E-state index in [-0.39, 0.29) is 35.0 Å². The highest BCUT2D eigenvalue weighted by Gasteiger charge is 2.29. The van der Waals surface area contributed by atoms with Gasteiger partial charge in [0.15, 0.2) is 29.7 Å². The zero-order chi connectivity index (χ0) is 22.2. The zero-order valence-electron chi connectivity index (χ0n) is 16.5. The van der Waals surface area contributed by atoms with E-state index in [0.29, 0.717) is 28.3 Å². The Kier molecular flexibility index (Phi) is 4.67. The summed E-state index contributed by atoms with van der Waals surface area (Å²) in [5, 5.41) is 2.58. The second kappa shape index (κ2) is 7.66. The topological polar surface area (TPSA) is 108 Å². The molecule has 1 amide bonds. The van der Waals surface area contributed by atoms with Crippen LogP contribution in [-0.4, -0.2) is 36.8 Å². The Hall–Kier alpha value is -4.46. The Labute approximate surface area is 181 Å². The van der Waals surface area contributed by atoms with Crippen LogP contribution >= 0.6 is 0 Å². The van der Waals surface area contributed by atoms with Crippen molar-refractivity contribution in [3.8, 4) is 11.5 Å². The minimum atomic E-state index is -0.693. The van der Waals surface area contributed by atoms with E-state index in [4.69, 9.17) is 14.2 Å². The highest BCUT2D eigenvalue weighted by atomic mass is 16.7. The second-order valence-corrected chi connectivity index (χ2v) is 7.16. The molecule has 1 N–H and O–H groups in total. The third-order valence-electron chi connectivity index (χ3n) is 5.15. The maximum Gasteiger partial charge on any atom is 0.338 e. The van der Waals surface area contributed by atoms with Gasteiger partial charge in [-0.3, -0.25) is 14.4 Å². The SMILES string of the molecule is O=C(COC(=O)c1ccc2c(c1)OCO2)Nc1ccc2c(c1)C(=O)c1ccccc1C2=O. The van der Waals surface area contributed by atoms with Gasteiger partial charge < -0.3 is 19.5 Å². The van der Waals surface area contributed by atoms with Gasteiger partial charge >= 0.3 is 5.97 Å². The first-order valence-electron chi connectivity index (χ1n) is 9.70. The van der Waals surface area contributed by atoms with Crippen molar-refractivity contribution in [3.63, 3.8) is 0 Å². The van der Waals surface area contributed by atoms with Gasteiger partial charge in [-0.05, 0) is 36.4 Å². The summed E-state index contributed by atoms with van der Waals surface area (Å²) in [6.07, 6.45) is 0. The third-order valence-corrected chi connectivity index (χ3v) is 5.15. The number of hydrogen-bond donors (Lipinski definition) is 1. The number of benzene rings is 3. The van der Waals surface area contributed by atoms with Crippen LogP contribution in [0.4, 0.5) is 5.69 Å². The van der Waals surface area contributed by atoms with Gasteiger partial charge in [0.25, 0.3) is 5.91 Å². The molecule has 0 bridgehead atoms. The van der Waals surface area contributed by atoms with E-state index in [2.05, 4.69) is 5.32 Å². The van der Waals surface area contributed by atoms with E-state index >= 15 is 0 Å². The van der Waals surface area contributed by atoms with Crippen LogP contribution in [0.15, 0.2) is 60.7 Å². The number of hydrogen-bond acceptors (Lipinski definition) is 7. The number of ether oxygens (including phenoxy) is 3. The Bertz CT molecular complexity index is 1310. The lowest BCUT2D eigenvalue weighted by Gasteiger charge is -2.18. The summed E-state index contributed by atoms with van der Waals surface area (Å²) in [6.45, 7) is -0.448. The van der Waals surface area contributed by atoms with E-state index in [0.717, 1.165) is 0 Å². The number of ketones is 2. The van der Waals surface area contributed by atoms with Gasteiger partial charge in [-0.15, -0.1) is 0 Å². The van der Waals surface area contributed by atoms with E-state index in [1.807, 2.05) is 0 Å². The number of rotatable bonds is 4. The molecule has 0 fully saturated rings. The Morgan fingerprint density at radius 3 is 2.28 bits per heavy atom. The van der Waals surface area contributed by atoms with Crippen molar-refractivity contribution < 1.29 is 33.4 Å². The number of nitrogens with one attached hydrogen (secondary N) is 1. The molecule has 0 saturated carbocycles. The molecule has 8 nitrogen and oxygen atoms in total. The summed E-state index contributed by atoms with van der Waals surface area (Å²) >= 11 is 0. The number of amides is 1. The molecule has 8 heteroatoms. The molecule has 1 heterocycles. The molecular weight excluding hydrogens is 414 g/mol. The molecule has 158 valence electrons. The van der Waals surface area contributed by atoms with Crippen molar-refractivity contribution >= 4 is 29.1 Å². The molecular formula is C24H15NO7. The first-order chi connectivity index (χ1) is 15.5. The average molecular weight is 429 g/mol. The number of esters is 1. The smallest absolute Gasteiger partial charge is 0.338 e. The fraction of sp³-hybridized carbons (Fsp3) is 0.0833. The molecule has 0 unspecified atom stereocenters. The third kappa shape index (κ3) is 3.37. The Balaban J connectivity index is 1.26. The van der Waals surface area contributed by atoms with Gasteiger partial charge in [0.1, 0.15) is 0 Å². The molecule has 5 rings (SSSR count). The molecule has 0 aromatic heterocycles. The van der Waals surface area contributed by atoms with Crippen LogP contribution in [0, 0.1) is 0 Å². The van der Waals surface area contributed by atoms with Crippen molar-refractivity contribution in [3.05, 3.63) is 88.5 Å². The van der Waals surface area contributed by atoms with Crippen molar-refractivity contribution in [2.75, 3.05) is 18.7 Å². The minimum Gasteiger partial charge on any atom is -0.454 e.